The second-order valence-corrected chi connectivity index (χ2v) is 4.57. The molecule has 0 aliphatic carbocycles. The number of nitrogens with zero attached hydrogens (tertiary/aromatic N) is 3. The van der Waals surface area contributed by atoms with Gasteiger partial charge >= 0.3 is 12.1 Å². The van der Waals surface area contributed by atoms with Gasteiger partial charge in [-0.3, -0.25) is 4.98 Å². The maximum atomic E-state index is 12.2. The number of hydrogen-bond acceptors (Lipinski definition) is 6. The molecule has 0 amide bonds. The van der Waals surface area contributed by atoms with Gasteiger partial charge in [0.2, 0.25) is 11.8 Å². The maximum Gasteiger partial charge on any atom is 0.491 e. The van der Waals surface area contributed by atoms with E-state index in [4.69, 9.17) is 4.42 Å². The van der Waals surface area contributed by atoms with Crippen LogP contribution in [0.25, 0.3) is 22.9 Å². The number of benzene rings is 1. The molecule has 9 heteroatoms. The number of halogens is 3. The summed E-state index contributed by atoms with van der Waals surface area (Å²) in [6.07, 6.45) is -1.97. The van der Waals surface area contributed by atoms with Crippen LogP contribution in [-0.4, -0.2) is 27.3 Å². The summed E-state index contributed by atoms with van der Waals surface area (Å²) in [5, 5.41) is 7.67. The molecule has 24 heavy (non-hydrogen) atoms. The fraction of sp³-hybridized carbons (Fsp3) is 0.0667. The van der Waals surface area contributed by atoms with Crippen molar-refractivity contribution in [2.75, 3.05) is 0 Å². The quantitative estimate of drug-likeness (QED) is 0.540. The lowest BCUT2D eigenvalue weighted by molar-refractivity contribution is -0.189. The minimum atomic E-state index is -5.08. The molecule has 6 nitrogen and oxygen atoms in total. The van der Waals surface area contributed by atoms with Crippen molar-refractivity contribution in [1.29, 1.82) is 0 Å². The Morgan fingerprint density at radius 3 is 2.42 bits per heavy atom. The lowest BCUT2D eigenvalue weighted by atomic mass is 10.2. The van der Waals surface area contributed by atoms with Crippen molar-refractivity contribution in [2.24, 2.45) is 0 Å². The SMILES string of the molecule is O=C(Oc1cccc(-c2nnc(-c3cccnc3)o2)c1)C(F)(F)F. The van der Waals surface area contributed by atoms with Crippen LogP contribution >= 0.6 is 0 Å². The second-order valence-electron chi connectivity index (χ2n) is 4.57. The summed E-state index contributed by atoms with van der Waals surface area (Å²) in [6.45, 7) is 0. The van der Waals surface area contributed by atoms with Crippen molar-refractivity contribution in [3.8, 4) is 28.7 Å². The molecule has 0 saturated heterocycles. The molecule has 0 spiro atoms. The van der Waals surface area contributed by atoms with Crippen LogP contribution in [0.2, 0.25) is 0 Å². The fourth-order valence-electron chi connectivity index (χ4n) is 1.80. The van der Waals surface area contributed by atoms with Crippen LogP contribution in [0, 0.1) is 0 Å². The van der Waals surface area contributed by atoms with Crippen molar-refractivity contribution in [2.45, 2.75) is 6.18 Å². The molecule has 0 aliphatic heterocycles. The molecule has 0 unspecified atom stereocenters. The van der Waals surface area contributed by atoms with E-state index >= 15 is 0 Å². The van der Waals surface area contributed by atoms with Crippen LogP contribution in [0.3, 0.4) is 0 Å². The summed E-state index contributed by atoms with van der Waals surface area (Å²) < 4.78 is 46.4. The zero-order chi connectivity index (χ0) is 17.2. The summed E-state index contributed by atoms with van der Waals surface area (Å²) in [4.78, 5) is 14.8. The molecule has 1 aromatic carbocycles. The first-order valence-corrected chi connectivity index (χ1v) is 6.57. The Bertz CT molecular complexity index is 863. The Morgan fingerprint density at radius 1 is 1.04 bits per heavy atom. The third kappa shape index (κ3) is 3.40. The highest BCUT2D eigenvalue weighted by Crippen LogP contribution is 2.27. The van der Waals surface area contributed by atoms with Gasteiger partial charge in [0.25, 0.3) is 0 Å². The minimum Gasteiger partial charge on any atom is -0.420 e. The first-order valence-electron chi connectivity index (χ1n) is 6.57. The molecule has 2 heterocycles. The highest BCUT2D eigenvalue weighted by atomic mass is 19.4. The molecule has 0 atom stereocenters. The van der Waals surface area contributed by atoms with Gasteiger partial charge in [-0.05, 0) is 30.3 Å². The normalized spacial score (nSPS) is 11.3. The third-order valence-corrected chi connectivity index (χ3v) is 2.86. The van der Waals surface area contributed by atoms with E-state index in [1.54, 1.807) is 18.3 Å². The Kier molecular flexibility index (Phi) is 3.98. The number of pyridine rings is 1. The highest BCUT2D eigenvalue weighted by Gasteiger charge is 2.41. The average molecular weight is 335 g/mol. The van der Waals surface area contributed by atoms with Crippen molar-refractivity contribution in [1.82, 2.24) is 15.2 Å². The number of carbonyl (C=O) groups excluding carboxylic acids is 1. The van der Waals surface area contributed by atoms with Crippen molar-refractivity contribution in [3.05, 3.63) is 48.8 Å². The third-order valence-electron chi connectivity index (χ3n) is 2.86. The van der Waals surface area contributed by atoms with E-state index in [0.29, 0.717) is 11.1 Å². The summed E-state index contributed by atoms with van der Waals surface area (Å²) in [5.74, 6) is -2.31. The van der Waals surface area contributed by atoms with Crippen LogP contribution in [0.15, 0.2) is 53.2 Å². The largest absolute Gasteiger partial charge is 0.491 e. The van der Waals surface area contributed by atoms with Crippen molar-refractivity contribution >= 4 is 5.97 Å². The summed E-state index contributed by atoms with van der Waals surface area (Å²) in [6, 6.07) is 8.76. The second kappa shape index (κ2) is 6.11. The van der Waals surface area contributed by atoms with Crippen LogP contribution in [0.1, 0.15) is 0 Å². The molecule has 0 saturated carbocycles. The van der Waals surface area contributed by atoms with E-state index < -0.39 is 12.1 Å². The number of rotatable bonds is 3. The van der Waals surface area contributed by atoms with E-state index in [0.717, 1.165) is 0 Å². The highest BCUT2D eigenvalue weighted by molar-refractivity contribution is 5.78. The van der Waals surface area contributed by atoms with Crippen LogP contribution in [-0.2, 0) is 4.79 Å². The van der Waals surface area contributed by atoms with Gasteiger partial charge in [-0.2, -0.15) is 13.2 Å². The number of alkyl halides is 3. The van der Waals surface area contributed by atoms with Gasteiger partial charge in [-0.25, -0.2) is 4.79 Å². The molecular formula is C15H8F3N3O3. The van der Waals surface area contributed by atoms with Gasteiger partial charge in [-0.15, -0.1) is 10.2 Å². The van der Waals surface area contributed by atoms with Crippen molar-refractivity contribution in [3.63, 3.8) is 0 Å². The van der Waals surface area contributed by atoms with E-state index in [9.17, 15) is 18.0 Å². The standard InChI is InChI=1S/C15H8F3N3O3/c16-15(17,18)14(22)23-11-5-1-3-9(7-11)12-20-21-13(24-12)10-4-2-6-19-8-10/h1-8H. The monoisotopic (exact) mass is 335 g/mol. The smallest absolute Gasteiger partial charge is 0.420 e. The average Bonchev–Trinajstić information content (AvgIpc) is 3.05. The molecule has 0 radical (unpaired) electrons. The molecule has 122 valence electrons. The molecule has 0 fully saturated rings. The van der Waals surface area contributed by atoms with Crippen LogP contribution in [0.5, 0.6) is 5.75 Å². The van der Waals surface area contributed by atoms with E-state index in [1.807, 2.05) is 0 Å². The lowest BCUT2D eigenvalue weighted by Crippen LogP contribution is -2.27. The van der Waals surface area contributed by atoms with Gasteiger partial charge in [-0.1, -0.05) is 6.07 Å². The van der Waals surface area contributed by atoms with Gasteiger partial charge in [0.1, 0.15) is 5.75 Å². The van der Waals surface area contributed by atoms with Crippen LogP contribution < -0.4 is 4.74 Å². The summed E-state index contributed by atoms with van der Waals surface area (Å²) >= 11 is 0. The Labute approximate surface area is 132 Å². The molecule has 3 rings (SSSR count). The molecule has 3 aromatic rings. The van der Waals surface area contributed by atoms with E-state index in [-0.39, 0.29) is 17.5 Å². The van der Waals surface area contributed by atoms with E-state index in [2.05, 4.69) is 19.9 Å². The first kappa shape index (κ1) is 15.7. The van der Waals surface area contributed by atoms with Gasteiger partial charge in [0.15, 0.2) is 0 Å². The Morgan fingerprint density at radius 2 is 1.75 bits per heavy atom. The van der Waals surface area contributed by atoms with Crippen LogP contribution in [0.4, 0.5) is 13.2 Å². The summed E-state index contributed by atoms with van der Waals surface area (Å²) in [7, 11) is 0. The fourth-order valence-corrected chi connectivity index (χ4v) is 1.80. The van der Waals surface area contributed by atoms with Gasteiger partial charge in [0, 0.05) is 18.0 Å². The number of esters is 1. The predicted molar refractivity (Wildman–Crippen MR) is 74.7 cm³/mol. The number of ether oxygens (including phenoxy) is 1. The van der Waals surface area contributed by atoms with Crippen molar-refractivity contribution < 1.29 is 27.1 Å². The molecule has 0 aliphatic rings. The molecule has 2 aromatic heterocycles. The van der Waals surface area contributed by atoms with E-state index in [1.165, 1.54) is 30.5 Å². The zero-order valence-electron chi connectivity index (χ0n) is 11.8. The first-order chi connectivity index (χ1) is 11.4. The number of aromatic nitrogens is 3. The van der Waals surface area contributed by atoms with Gasteiger partial charge in [0.05, 0.1) is 5.56 Å². The topological polar surface area (TPSA) is 78.1 Å². The minimum absolute atomic E-state index is 0.0683. The summed E-state index contributed by atoms with van der Waals surface area (Å²) in [5.41, 5.74) is 0.904. The Balaban J connectivity index is 1.85. The number of carbonyl (C=O) groups is 1. The van der Waals surface area contributed by atoms with Gasteiger partial charge < -0.3 is 9.15 Å². The molecule has 0 N–H and O–H groups in total. The maximum absolute atomic E-state index is 12.2. The zero-order valence-corrected chi connectivity index (χ0v) is 11.8. The molecular weight excluding hydrogens is 327 g/mol. The lowest BCUT2D eigenvalue weighted by Gasteiger charge is -2.07. The Hall–Kier alpha value is -3.23. The number of hydrogen-bond donors (Lipinski definition) is 0. The molecule has 0 bridgehead atoms. The predicted octanol–water partition coefficient (Wildman–Crippen LogP) is 3.27.